The molecule has 1 aromatic carbocycles. The zero-order valence-electron chi connectivity index (χ0n) is 20.5. The number of furan rings is 1. The third-order valence-corrected chi connectivity index (χ3v) is 5.01. The minimum Gasteiger partial charge on any atom is -0.467 e. The molecule has 0 saturated heterocycles. The van der Waals surface area contributed by atoms with Crippen LogP contribution in [-0.2, 0) is 11.3 Å². The molecular weight excluding hydrogens is 470 g/mol. The number of ether oxygens (including phenoxy) is 1. The molecule has 184 valence electrons. The molecule has 4 aromatic heterocycles. The van der Waals surface area contributed by atoms with E-state index in [1.54, 1.807) is 43.1 Å². The topological polar surface area (TPSA) is 121 Å². The highest BCUT2D eigenvalue weighted by Gasteiger charge is 2.20. The first-order chi connectivity index (χ1) is 17.8. The SMILES string of the molecule is CC(C)(C)OC(=O)n1ncc2cc(C#Cc3ccnc(-c4ccnc(NCc5ccco5)n4)n3)ccc21. The van der Waals surface area contributed by atoms with Crippen LogP contribution in [0.2, 0.25) is 0 Å². The Balaban J connectivity index is 1.33. The van der Waals surface area contributed by atoms with Gasteiger partial charge in [0.25, 0.3) is 0 Å². The maximum absolute atomic E-state index is 12.4. The van der Waals surface area contributed by atoms with E-state index in [1.165, 1.54) is 4.68 Å². The second-order valence-corrected chi connectivity index (χ2v) is 9.02. The van der Waals surface area contributed by atoms with E-state index in [0.717, 1.165) is 16.7 Å². The number of benzene rings is 1. The van der Waals surface area contributed by atoms with Gasteiger partial charge < -0.3 is 14.5 Å². The molecule has 5 aromatic rings. The molecule has 0 fully saturated rings. The van der Waals surface area contributed by atoms with Crippen molar-refractivity contribution in [3.05, 3.63) is 84.3 Å². The van der Waals surface area contributed by atoms with Crippen LogP contribution in [-0.4, -0.2) is 41.4 Å². The number of fused-ring (bicyclic) bond motifs is 1. The summed E-state index contributed by atoms with van der Waals surface area (Å²) < 4.78 is 12.0. The van der Waals surface area contributed by atoms with Crippen molar-refractivity contribution in [3.8, 4) is 23.4 Å². The maximum atomic E-state index is 12.4. The molecule has 0 unspecified atom stereocenters. The molecule has 0 aliphatic rings. The quantitative estimate of drug-likeness (QED) is 0.356. The van der Waals surface area contributed by atoms with Crippen molar-refractivity contribution in [2.75, 3.05) is 5.32 Å². The third-order valence-electron chi connectivity index (χ3n) is 5.01. The van der Waals surface area contributed by atoms with Gasteiger partial charge in [0, 0.05) is 23.3 Å². The summed E-state index contributed by atoms with van der Waals surface area (Å²) in [6.45, 7) is 5.90. The summed E-state index contributed by atoms with van der Waals surface area (Å²) in [4.78, 5) is 30.0. The Hall–Kier alpha value is -5.04. The van der Waals surface area contributed by atoms with Crippen molar-refractivity contribution in [2.24, 2.45) is 0 Å². The number of hydrogen-bond acceptors (Lipinski definition) is 9. The van der Waals surface area contributed by atoms with Gasteiger partial charge >= 0.3 is 6.09 Å². The Kier molecular flexibility index (Phi) is 6.34. The molecular formula is C27H23N7O3. The highest BCUT2D eigenvalue weighted by atomic mass is 16.6. The average Bonchev–Trinajstić information content (AvgIpc) is 3.55. The largest absolute Gasteiger partial charge is 0.467 e. The van der Waals surface area contributed by atoms with Gasteiger partial charge in [0.2, 0.25) is 5.95 Å². The van der Waals surface area contributed by atoms with Gasteiger partial charge in [-0.15, -0.1) is 0 Å². The fourth-order valence-corrected chi connectivity index (χ4v) is 3.40. The lowest BCUT2D eigenvalue weighted by atomic mass is 10.1. The summed E-state index contributed by atoms with van der Waals surface area (Å²) in [5.74, 6) is 7.82. The van der Waals surface area contributed by atoms with Crippen LogP contribution in [0.25, 0.3) is 22.4 Å². The predicted molar refractivity (Wildman–Crippen MR) is 136 cm³/mol. The molecule has 10 heteroatoms. The molecule has 0 amide bonds. The van der Waals surface area contributed by atoms with Gasteiger partial charge in [-0.05, 0) is 69.2 Å². The van der Waals surface area contributed by atoms with Crippen LogP contribution in [0.15, 0.2) is 71.7 Å². The Morgan fingerprint density at radius 1 is 1.08 bits per heavy atom. The van der Waals surface area contributed by atoms with Crippen LogP contribution < -0.4 is 5.32 Å². The fraction of sp³-hybridized carbons (Fsp3) is 0.185. The number of aromatic nitrogens is 6. The first-order valence-corrected chi connectivity index (χ1v) is 11.5. The molecule has 37 heavy (non-hydrogen) atoms. The van der Waals surface area contributed by atoms with E-state index in [0.29, 0.717) is 35.2 Å². The van der Waals surface area contributed by atoms with Gasteiger partial charge in [-0.1, -0.05) is 5.92 Å². The van der Waals surface area contributed by atoms with E-state index in [-0.39, 0.29) is 0 Å². The molecule has 4 heterocycles. The summed E-state index contributed by atoms with van der Waals surface area (Å²) >= 11 is 0. The molecule has 0 atom stereocenters. The molecule has 0 bridgehead atoms. The number of hydrogen-bond donors (Lipinski definition) is 1. The molecule has 5 rings (SSSR count). The number of rotatable bonds is 4. The Bertz CT molecular complexity index is 1620. The van der Waals surface area contributed by atoms with Crippen molar-refractivity contribution in [2.45, 2.75) is 32.9 Å². The Labute approximate surface area is 212 Å². The van der Waals surface area contributed by atoms with Crippen LogP contribution in [0.3, 0.4) is 0 Å². The van der Waals surface area contributed by atoms with Gasteiger partial charge in [-0.3, -0.25) is 0 Å². The van der Waals surface area contributed by atoms with Crippen LogP contribution in [0.4, 0.5) is 10.7 Å². The van der Waals surface area contributed by atoms with Crippen molar-refractivity contribution >= 4 is 22.9 Å². The Morgan fingerprint density at radius 2 is 1.95 bits per heavy atom. The zero-order chi connectivity index (χ0) is 25.8. The molecule has 0 spiro atoms. The zero-order valence-corrected chi connectivity index (χ0v) is 20.5. The number of anilines is 1. The monoisotopic (exact) mass is 493 g/mol. The number of carbonyl (C=O) groups is 1. The third kappa shape index (κ3) is 5.79. The summed E-state index contributed by atoms with van der Waals surface area (Å²) in [6.07, 6.45) is 5.97. The lowest BCUT2D eigenvalue weighted by molar-refractivity contribution is 0.0522. The minimum atomic E-state index is -0.610. The van der Waals surface area contributed by atoms with Crippen LogP contribution >= 0.6 is 0 Å². The highest BCUT2D eigenvalue weighted by Crippen LogP contribution is 2.18. The molecule has 0 aliphatic heterocycles. The van der Waals surface area contributed by atoms with Crippen molar-refractivity contribution in [1.82, 2.24) is 29.7 Å². The van der Waals surface area contributed by atoms with Gasteiger partial charge in [0.15, 0.2) is 5.82 Å². The molecule has 0 saturated carbocycles. The van der Waals surface area contributed by atoms with E-state index in [9.17, 15) is 4.79 Å². The number of nitrogens with zero attached hydrogens (tertiary/aromatic N) is 6. The van der Waals surface area contributed by atoms with Gasteiger partial charge in [-0.2, -0.15) is 9.78 Å². The van der Waals surface area contributed by atoms with Crippen molar-refractivity contribution in [3.63, 3.8) is 0 Å². The normalized spacial score (nSPS) is 11.1. The van der Waals surface area contributed by atoms with Crippen molar-refractivity contribution < 1.29 is 13.9 Å². The van der Waals surface area contributed by atoms with E-state index in [2.05, 4.69) is 42.2 Å². The Morgan fingerprint density at radius 3 is 2.76 bits per heavy atom. The number of nitrogens with one attached hydrogen (secondary N) is 1. The standard InChI is InChI=1S/C27H23N7O3/c1-27(2,3)37-26(35)34-23-9-7-18(15-19(23)16-31-34)6-8-20-10-12-28-24(32-20)22-11-13-29-25(33-22)30-17-21-5-4-14-36-21/h4-5,7,9-16H,17H2,1-3H3,(H,29,30,33). The fourth-order valence-electron chi connectivity index (χ4n) is 3.40. The summed E-state index contributed by atoms with van der Waals surface area (Å²) in [7, 11) is 0. The second kappa shape index (κ2) is 9.91. The predicted octanol–water partition coefficient (Wildman–Crippen LogP) is 4.67. The molecule has 1 N–H and O–H groups in total. The number of carbonyl (C=O) groups excluding carboxylic acids is 1. The van der Waals surface area contributed by atoms with E-state index < -0.39 is 11.7 Å². The van der Waals surface area contributed by atoms with Gasteiger partial charge in [0.05, 0.1) is 24.5 Å². The first kappa shape index (κ1) is 23.7. The average molecular weight is 494 g/mol. The maximum Gasteiger partial charge on any atom is 0.435 e. The summed E-state index contributed by atoms with van der Waals surface area (Å²) in [6, 6.07) is 12.6. The van der Waals surface area contributed by atoms with Crippen molar-refractivity contribution in [1.29, 1.82) is 0 Å². The van der Waals surface area contributed by atoms with E-state index >= 15 is 0 Å². The highest BCUT2D eigenvalue weighted by molar-refractivity contribution is 5.88. The minimum absolute atomic E-state index is 0.435. The van der Waals surface area contributed by atoms with Crippen LogP contribution in [0, 0.1) is 11.8 Å². The summed E-state index contributed by atoms with van der Waals surface area (Å²) in [5, 5.41) is 8.06. The molecule has 0 aliphatic carbocycles. The molecule has 10 nitrogen and oxygen atoms in total. The smallest absolute Gasteiger partial charge is 0.435 e. The summed E-state index contributed by atoms with van der Waals surface area (Å²) in [5.41, 5.74) is 1.89. The van der Waals surface area contributed by atoms with Crippen LogP contribution in [0.5, 0.6) is 0 Å². The lowest BCUT2D eigenvalue weighted by Crippen LogP contribution is -2.27. The lowest BCUT2D eigenvalue weighted by Gasteiger charge is -2.19. The van der Waals surface area contributed by atoms with Crippen LogP contribution in [0.1, 0.15) is 37.8 Å². The first-order valence-electron chi connectivity index (χ1n) is 11.5. The van der Waals surface area contributed by atoms with Gasteiger partial charge in [0.1, 0.15) is 22.7 Å². The molecule has 0 radical (unpaired) electrons. The van der Waals surface area contributed by atoms with E-state index in [1.807, 2.05) is 45.0 Å². The second-order valence-electron chi connectivity index (χ2n) is 9.02. The van der Waals surface area contributed by atoms with E-state index in [4.69, 9.17) is 9.15 Å². The van der Waals surface area contributed by atoms with Gasteiger partial charge in [-0.25, -0.2) is 24.7 Å².